The van der Waals surface area contributed by atoms with Crippen LogP contribution in [0.25, 0.3) is 0 Å². The maximum Gasteiger partial charge on any atom is 0.225 e. The summed E-state index contributed by atoms with van der Waals surface area (Å²) in [7, 11) is 3.26. The number of hydrogen-bond acceptors (Lipinski definition) is 3. The van der Waals surface area contributed by atoms with Gasteiger partial charge < -0.3 is 14.4 Å². The molecule has 134 valence electrons. The minimum absolute atomic E-state index is 0.0193. The fourth-order valence-corrected chi connectivity index (χ4v) is 2.74. The van der Waals surface area contributed by atoms with Gasteiger partial charge in [-0.1, -0.05) is 50.2 Å². The first-order valence-corrected chi connectivity index (χ1v) is 8.58. The van der Waals surface area contributed by atoms with E-state index in [1.165, 1.54) is 0 Å². The summed E-state index contributed by atoms with van der Waals surface area (Å²) in [5.41, 5.74) is 2.26. The van der Waals surface area contributed by atoms with E-state index in [0.29, 0.717) is 24.6 Å². The number of ether oxygens (including phenoxy) is 2. The van der Waals surface area contributed by atoms with Crippen molar-refractivity contribution in [1.82, 2.24) is 4.90 Å². The normalized spacial score (nSPS) is 10.6. The SMILES string of the molecule is COc1ccc(CCN(Cc2ccccc2)C(=O)C(C)C)cc1OC. The summed E-state index contributed by atoms with van der Waals surface area (Å²) < 4.78 is 10.6. The van der Waals surface area contributed by atoms with Crippen LogP contribution in [0.5, 0.6) is 11.5 Å². The third-order valence-corrected chi connectivity index (χ3v) is 4.14. The van der Waals surface area contributed by atoms with E-state index in [9.17, 15) is 4.79 Å². The number of rotatable bonds is 8. The highest BCUT2D eigenvalue weighted by molar-refractivity contribution is 5.78. The number of carbonyl (C=O) groups excluding carboxylic acids is 1. The quantitative estimate of drug-likeness (QED) is 0.730. The molecule has 0 aliphatic carbocycles. The first-order valence-electron chi connectivity index (χ1n) is 8.58. The maximum atomic E-state index is 12.6. The van der Waals surface area contributed by atoms with Gasteiger partial charge in [0.05, 0.1) is 14.2 Å². The van der Waals surface area contributed by atoms with Crippen LogP contribution < -0.4 is 9.47 Å². The summed E-state index contributed by atoms with van der Waals surface area (Å²) in [5.74, 6) is 1.58. The van der Waals surface area contributed by atoms with E-state index < -0.39 is 0 Å². The molecule has 0 fully saturated rings. The van der Waals surface area contributed by atoms with Gasteiger partial charge in [-0.15, -0.1) is 0 Å². The van der Waals surface area contributed by atoms with Gasteiger partial charge in [0.25, 0.3) is 0 Å². The number of amides is 1. The molecule has 0 saturated carbocycles. The van der Waals surface area contributed by atoms with Crippen molar-refractivity contribution in [1.29, 1.82) is 0 Å². The third-order valence-electron chi connectivity index (χ3n) is 4.14. The molecule has 4 nitrogen and oxygen atoms in total. The fraction of sp³-hybridized carbons (Fsp3) is 0.381. The Bertz CT molecular complexity index is 683. The first kappa shape index (κ1) is 18.8. The minimum Gasteiger partial charge on any atom is -0.493 e. The van der Waals surface area contributed by atoms with Crippen molar-refractivity contribution in [3.05, 3.63) is 59.7 Å². The lowest BCUT2D eigenvalue weighted by Gasteiger charge is -2.25. The summed E-state index contributed by atoms with van der Waals surface area (Å²) in [6, 6.07) is 16.0. The van der Waals surface area contributed by atoms with E-state index in [0.717, 1.165) is 17.5 Å². The summed E-state index contributed by atoms with van der Waals surface area (Å²) >= 11 is 0. The molecular formula is C21H27NO3. The van der Waals surface area contributed by atoms with E-state index in [4.69, 9.17) is 9.47 Å². The second kappa shape index (κ2) is 9.11. The summed E-state index contributed by atoms with van der Waals surface area (Å²) in [4.78, 5) is 14.5. The Balaban J connectivity index is 2.10. The Morgan fingerprint density at radius 1 is 0.960 bits per heavy atom. The molecule has 0 aromatic heterocycles. The molecule has 0 aliphatic rings. The zero-order chi connectivity index (χ0) is 18.2. The molecule has 0 spiro atoms. The summed E-state index contributed by atoms with van der Waals surface area (Å²) in [6.07, 6.45) is 0.769. The molecule has 0 saturated heterocycles. The predicted octanol–water partition coefficient (Wildman–Crippen LogP) is 3.93. The number of carbonyl (C=O) groups is 1. The van der Waals surface area contributed by atoms with Crippen LogP contribution in [0.15, 0.2) is 48.5 Å². The minimum atomic E-state index is -0.0193. The zero-order valence-corrected chi connectivity index (χ0v) is 15.5. The fourth-order valence-electron chi connectivity index (χ4n) is 2.74. The van der Waals surface area contributed by atoms with Crippen molar-refractivity contribution in [3.63, 3.8) is 0 Å². The lowest BCUT2D eigenvalue weighted by Crippen LogP contribution is -2.35. The lowest BCUT2D eigenvalue weighted by molar-refractivity contribution is -0.135. The van der Waals surface area contributed by atoms with Gasteiger partial charge >= 0.3 is 0 Å². The van der Waals surface area contributed by atoms with Gasteiger partial charge in [0.15, 0.2) is 11.5 Å². The van der Waals surface area contributed by atoms with E-state index >= 15 is 0 Å². The molecule has 2 rings (SSSR count). The van der Waals surface area contributed by atoms with Crippen LogP contribution in [0.1, 0.15) is 25.0 Å². The van der Waals surface area contributed by atoms with Gasteiger partial charge in [0.1, 0.15) is 0 Å². The molecule has 0 atom stereocenters. The van der Waals surface area contributed by atoms with Crippen LogP contribution in [0.3, 0.4) is 0 Å². The largest absolute Gasteiger partial charge is 0.493 e. The molecule has 1 amide bonds. The average molecular weight is 341 g/mol. The van der Waals surface area contributed by atoms with Crippen molar-refractivity contribution in [2.45, 2.75) is 26.8 Å². The van der Waals surface area contributed by atoms with Crippen molar-refractivity contribution < 1.29 is 14.3 Å². The van der Waals surface area contributed by atoms with Crippen molar-refractivity contribution in [2.24, 2.45) is 5.92 Å². The van der Waals surface area contributed by atoms with Crippen LogP contribution in [0, 0.1) is 5.92 Å². The summed E-state index contributed by atoms with van der Waals surface area (Å²) in [5, 5.41) is 0. The zero-order valence-electron chi connectivity index (χ0n) is 15.5. The van der Waals surface area contributed by atoms with Crippen LogP contribution in [0.4, 0.5) is 0 Å². The Morgan fingerprint density at radius 2 is 1.64 bits per heavy atom. The highest BCUT2D eigenvalue weighted by Gasteiger charge is 2.17. The Labute approximate surface area is 150 Å². The lowest BCUT2D eigenvalue weighted by atomic mass is 10.1. The van der Waals surface area contributed by atoms with Crippen LogP contribution in [0.2, 0.25) is 0 Å². The van der Waals surface area contributed by atoms with Gasteiger partial charge in [-0.05, 0) is 29.7 Å². The van der Waals surface area contributed by atoms with E-state index in [1.54, 1.807) is 14.2 Å². The highest BCUT2D eigenvalue weighted by atomic mass is 16.5. The molecule has 0 unspecified atom stereocenters. The Morgan fingerprint density at radius 3 is 2.24 bits per heavy atom. The number of methoxy groups -OCH3 is 2. The smallest absolute Gasteiger partial charge is 0.225 e. The second-order valence-electron chi connectivity index (χ2n) is 6.34. The second-order valence-corrected chi connectivity index (χ2v) is 6.34. The number of nitrogens with zero attached hydrogens (tertiary/aromatic N) is 1. The van der Waals surface area contributed by atoms with Crippen molar-refractivity contribution >= 4 is 5.91 Å². The Kier molecular flexibility index (Phi) is 6.87. The number of benzene rings is 2. The molecule has 2 aromatic carbocycles. The van der Waals surface area contributed by atoms with E-state index in [-0.39, 0.29) is 11.8 Å². The molecule has 0 bridgehead atoms. The van der Waals surface area contributed by atoms with Crippen molar-refractivity contribution in [3.8, 4) is 11.5 Å². The Hall–Kier alpha value is -2.49. The molecule has 2 aromatic rings. The predicted molar refractivity (Wildman–Crippen MR) is 99.9 cm³/mol. The number of hydrogen-bond donors (Lipinski definition) is 0. The topological polar surface area (TPSA) is 38.8 Å². The molecular weight excluding hydrogens is 314 g/mol. The summed E-state index contributed by atoms with van der Waals surface area (Å²) in [6.45, 7) is 5.18. The van der Waals surface area contributed by atoms with E-state index in [1.807, 2.05) is 55.1 Å². The monoisotopic (exact) mass is 341 g/mol. The highest BCUT2D eigenvalue weighted by Crippen LogP contribution is 2.27. The van der Waals surface area contributed by atoms with Crippen LogP contribution in [-0.2, 0) is 17.8 Å². The molecule has 0 N–H and O–H groups in total. The van der Waals surface area contributed by atoms with E-state index in [2.05, 4.69) is 12.1 Å². The first-order chi connectivity index (χ1) is 12.0. The molecule has 0 aliphatic heterocycles. The average Bonchev–Trinajstić information content (AvgIpc) is 2.64. The maximum absolute atomic E-state index is 12.6. The van der Waals surface area contributed by atoms with Gasteiger partial charge in [-0.2, -0.15) is 0 Å². The third kappa shape index (κ3) is 5.24. The van der Waals surface area contributed by atoms with Gasteiger partial charge in [-0.25, -0.2) is 0 Å². The van der Waals surface area contributed by atoms with Crippen molar-refractivity contribution in [2.75, 3.05) is 20.8 Å². The standard InChI is InChI=1S/C21H27NO3/c1-16(2)21(23)22(15-18-8-6-5-7-9-18)13-12-17-10-11-19(24-3)20(14-17)25-4/h5-11,14,16H,12-13,15H2,1-4H3. The molecule has 0 radical (unpaired) electrons. The van der Waals surface area contributed by atoms with Crippen LogP contribution in [-0.4, -0.2) is 31.6 Å². The van der Waals surface area contributed by atoms with Gasteiger partial charge in [0, 0.05) is 19.0 Å². The van der Waals surface area contributed by atoms with Gasteiger partial charge in [-0.3, -0.25) is 4.79 Å². The van der Waals surface area contributed by atoms with Gasteiger partial charge in [0.2, 0.25) is 5.91 Å². The molecule has 4 heteroatoms. The molecule has 0 heterocycles. The molecule has 25 heavy (non-hydrogen) atoms. The van der Waals surface area contributed by atoms with Crippen LogP contribution >= 0.6 is 0 Å².